The number of carboxylic acids is 1. The van der Waals surface area contributed by atoms with Gasteiger partial charge in [0, 0.05) is 25.0 Å². The second kappa shape index (κ2) is 6.51. The quantitative estimate of drug-likeness (QED) is 0.654. The van der Waals surface area contributed by atoms with Crippen molar-refractivity contribution in [2.75, 3.05) is 6.54 Å². The van der Waals surface area contributed by atoms with Crippen LogP contribution in [0, 0.1) is 0 Å². The predicted molar refractivity (Wildman–Crippen MR) is 60.5 cm³/mol. The molecule has 1 atom stereocenters. The number of nitrogens with zero attached hydrogens (tertiary/aromatic N) is 2. The van der Waals surface area contributed by atoms with Crippen molar-refractivity contribution in [2.45, 2.75) is 25.9 Å². The van der Waals surface area contributed by atoms with Gasteiger partial charge >= 0.3 is 12.0 Å². The van der Waals surface area contributed by atoms with Gasteiger partial charge in [-0.3, -0.25) is 9.48 Å². The summed E-state index contributed by atoms with van der Waals surface area (Å²) in [5, 5.41) is 17.6. The number of amides is 2. The number of aliphatic carboxylic acids is 1. The summed E-state index contributed by atoms with van der Waals surface area (Å²) in [6.45, 7) is 2.54. The minimum atomic E-state index is -0.935. The van der Waals surface area contributed by atoms with Crippen molar-refractivity contribution in [1.29, 1.82) is 0 Å². The summed E-state index contributed by atoms with van der Waals surface area (Å²) in [7, 11) is 0. The molecule has 0 saturated carbocycles. The molecule has 0 spiro atoms. The van der Waals surface area contributed by atoms with Gasteiger partial charge < -0.3 is 15.7 Å². The van der Waals surface area contributed by atoms with Gasteiger partial charge in [0.25, 0.3) is 0 Å². The first-order valence-corrected chi connectivity index (χ1v) is 5.31. The van der Waals surface area contributed by atoms with Crippen LogP contribution in [0.3, 0.4) is 0 Å². The van der Waals surface area contributed by atoms with Crippen LogP contribution in [0.2, 0.25) is 0 Å². The molecule has 0 bridgehead atoms. The molecule has 0 fully saturated rings. The van der Waals surface area contributed by atoms with E-state index in [9.17, 15) is 9.59 Å². The fraction of sp³-hybridized carbons (Fsp3) is 0.500. The molecule has 0 aliphatic heterocycles. The van der Waals surface area contributed by atoms with Crippen LogP contribution >= 0.6 is 0 Å². The Kier molecular flexibility index (Phi) is 4.99. The molecule has 1 unspecified atom stereocenters. The van der Waals surface area contributed by atoms with E-state index in [0.29, 0.717) is 6.54 Å². The zero-order chi connectivity index (χ0) is 12.7. The first-order valence-electron chi connectivity index (χ1n) is 5.31. The average Bonchev–Trinajstić information content (AvgIpc) is 2.69. The van der Waals surface area contributed by atoms with Crippen molar-refractivity contribution < 1.29 is 14.7 Å². The number of carbonyl (C=O) groups excluding carboxylic acids is 1. The van der Waals surface area contributed by atoms with Gasteiger partial charge in [-0.1, -0.05) is 0 Å². The molecule has 0 aromatic carbocycles. The molecule has 1 rings (SSSR count). The third-order valence-corrected chi connectivity index (χ3v) is 2.02. The van der Waals surface area contributed by atoms with Crippen molar-refractivity contribution in [3.05, 3.63) is 18.5 Å². The number of nitrogens with one attached hydrogen (secondary N) is 2. The molecule has 3 N–H and O–H groups in total. The van der Waals surface area contributed by atoms with Crippen LogP contribution < -0.4 is 10.6 Å². The van der Waals surface area contributed by atoms with Crippen molar-refractivity contribution in [1.82, 2.24) is 20.4 Å². The molecular formula is C10H16N4O3. The summed E-state index contributed by atoms with van der Waals surface area (Å²) in [5.41, 5.74) is 0. The summed E-state index contributed by atoms with van der Waals surface area (Å²) in [6.07, 6.45) is 3.39. The van der Waals surface area contributed by atoms with Crippen LogP contribution in [0.15, 0.2) is 18.5 Å². The van der Waals surface area contributed by atoms with E-state index in [1.165, 1.54) is 0 Å². The maximum absolute atomic E-state index is 11.3. The molecule has 0 radical (unpaired) electrons. The van der Waals surface area contributed by atoms with Crippen molar-refractivity contribution in [3.8, 4) is 0 Å². The van der Waals surface area contributed by atoms with Gasteiger partial charge in [0.2, 0.25) is 0 Å². The summed E-state index contributed by atoms with van der Waals surface area (Å²) < 4.78 is 1.71. The number of carbonyl (C=O) groups is 2. The first kappa shape index (κ1) is 13.0. The van der Waals surface area contributed by atoms with Crippen LogP contribution in [0.4, 0.5) is 4.79 Å². The maximum atomic E-state index is 11.3. The largest absolute Gasteiger partial charge is 0.481 e. The standard InChI is InChI=1S/C10H16N4O3/c1-8(7-14-6-2-4-12-14)13-10(17)11-5-3-9(15)16/h2,4,6,8H,3,5,7H2,1H3,(H,15,16)(H2,11,13,17). The maximum Gasteiger partial charge on any atom is 0.315 e. The van der Waals surface area contributed by atoms with E-state index in [-0.39, 0.29) is 25.0 Å². The van der Waals surface area contributed by atoms with Crippen LogP contribution in [-0.4, -0.2) is 39.5 Å². The number of aromatic nitrogens is 2. The Balaban J connectivity index is 2.19. The van der Waals surface area contributed by atoms with Gasteiger partial charge in [0.15, 0.2) is 0 Å². The summed E-state index contributed by atoms with van der Waals surface area (Å²) in [4.78, 5) is 21.5. The number of rotatable bonds is 6. The highest BCUT2D eigenvalue weighted by molar-refractivity contribution is 5.75. The third kappa shape index (κ3) is 5.55. The lowest BCUT2D eigenvalue weighted by atomic mass is 10.3. The Bertz CT molecular complexity index is 364. The Labute approximate surface area is 98.8 Å². The van der Waals surface area contributed by atoms with Gasteiger partial charge in [0.05, 0.1) is 13.0 Å². The fourth-order valence-corrected chi connectivity index (χ4v) is 1.29. The molecular weight excluding hydrogens is 224 g/mol. The van der Waals surface area contributed by atoms with Crippen molar-refractivity contribution >= 4 is 12.0 Å². The average molecular weight is 240 g/mol. The van der Waals surface area contributed by atoms with Crippen LogP contribution in [0.1, 0.15) is 13.3 Å². The van der Waals surface area contributed by atoms with Gasteiger partial charge in [0.1, 0.15) is 0 Å². The number of urea groups is 1. The summed E-state index contributed by atoms with van der Waals surface area (Å²) in [5.74, 6) is -0.935. The minimum absolute atomic E-state index is 0.0824. The zero-order valence-corrected chi connectivity index (χ0v) is 9.59. The SMILES string of the molecule is CC(Cn1cccn1)NC(=O)NCCC(=O)O. The topological polar surface area (TPSA) is 96.3 Å². The molecule has 1 aromatic heterocycles. The van der Waals surface area contributed by atoms with E-state index in [2.05, 4.69) is 15.7 Å². The molecule has 7 heteroatoms. The number of carboxylic acid groups (broad SMARTS) is 1. The van der Waals surface area contributed by atoms with Crippen molar-refractivity contribution in [2.24, 2.45) is 0 Å². The van der Waals surface area contributed by atoms with E-state index in [4.69, 9.17) is 5.11 Å². The molecule has 0 aliphatic carbocycles. The predicted octanol–water partition coefficient (Wildman–Crippen LogP) is 0.0455. The molecule has 2 amide bonds. The van der Waals surface area contributed by atoms with Gasteiger partial charge in [-0.15, -0.1) is 0 Å². The Morgan fingerprint density at radius 1 is 1.53 bits per heavy atom. The van der Waals surface area contributed by atoms with Gasteiger partial charge in [-0.05, 0) is 13.0 Å². The third-order valence-electron chi connectivity index (χ3n) is 2.02. The normalized spacial score (nSPS) is 11.8. The Morgan fingerprint density at radius 2 is 2.29 bits per heavy atom. The molecule has 1 heterocycles. The second-order valence-corrected chi connectivity index (χ2v) is 3.67. The van der Waals surface area contributed by atoms with E-state index < -0.39 is 5.97 Å². The minimum Gasteiger partial charge on any atom is -0.481 e. The van der Waals surface area contributed by atoms with Gasteiger partial charge in [-0.2, -0.15) is 5.10 Å². The van der Waals surface area contributed by atoms with Crippen LogP contribution in [-0.2, 0) is 11.3 Å². The highest BCUT2D eigenvalue weighted by atomic mass is 16.4. The Morgan fingerprint density at radius 3 is 2.88 bits per heavy atom. The van der Waals surface area contributed by atoms with Crippen LogP contribution in [0.5, 0.6) is 0 Å². The monoisotopic (exact) mass is 240 g/mol. The summed E-state index contributed by atoms with van der Waals surface area (Å²) in [6, 6.07) is 1.35. The van der Waals surface area contributed by atoms with Crippen molar-refractivity contribution in [3.63, 3.8) is 0 Å². The first-order chi connectivity index (χ1) is 8.08. The number of hydrogen-bond acceptors (Lipinski definition) is 3. The highest BCUT2D eigenvalue weighted by Gasteiger charge is 2.07. The molecule has 0 saturated heterocycles. The molecule has 17 heavy (non-hydrogen) atoms. The Hall–Kier alpha value is -2.05. The second-order valence-electron chi connectivity index (χ2n) is 3.67. The lowest BCUT2D eigenvalue weighted by Gasteiger charge is -2.14. The molecule has 1 aromatic rings. The van der Waals surface area contributed by atoms with E-state index >= 15 is 0 Å². The molecule has 0 aliphatic rings. The smallest absolute Gasteiger partial charge is 0.315 e. The van der Waals surface area contributed by atoms with E-state index in [1.807, 2.05) is 6.92 Å². The highest BCUT2D eigenvalue weighted by Crippen LogP contribution is 1.90. The number of hydrogen-bond donors (Lipinski definition) is 3. The lowest BCUT2D eigenvalue weighted by Crippen LogP contribution is -2.43. The lowest BCUT2D eigenvalue weighted by molar-refractivity contribution is -0.136. The molecule has 94 valence electrons. The summed E-state index contributed by atoms with van der Waals surface area (Å²) >= 11 is 0. The van der Waals surface area contributed by atoms with E-state index in [0.717, 1.165) is 0 Å². The van der Waals surface area contributed by atoms with Gasteiger partial charge in [-0.25, -0.2) is 4.79 Å². The molecule has 7 nitrogen and oxygen atoms in total. The van der Waals surface area contributed by atoms with Crippen LogP contribution in [0.25, 0.3) is 0 Å². The van der Waals surface area contributed by atoms with E-state index in [1.54, 1.807) is 23.1 Å². The zero-order valence-electron chi connectivity index (χ0n) is 9.59. The fourth-order valence-electron chi connectivity index (χ4n) is 1.29.